The molecule has 0 bridgehead atoms. The molecule has 1 heterocycles. The van der Waals surface area contributed by atoms with Gasteiger partial charge in [0.05, 0.1) is 0 Å². The molecule has 0 atom stereocenters. The van der Waals surface area contributed by atoms with Gasteiger partial charge in [-0.15, -0.1) is 11.8 Å². The third-order valence-electron chi connectivity index (χ3n) is 1.79. The van der Waals surface area contributed by atoms with Gasteiger partial charge in [-0.1, -0.05) is 13.8 Å². The molecule has 0 unspecified atom stereocenters. The van der Waals surface area contributed by atoms with Gasteiger partial charge in [-0.3, -0.25) is 0 Å². The zero-order chi connectivity index (χ0) is 11.4. The molecule has 84 valence electrons. The first-order valence-electron chi connectivity index (χ1n) is 4.65. The van der Waals surface area contributed by atoms with E-state index in [1.54, 1.807) is 0 Å². The first kappa shape index (κ1) is 12.4. The van der Waals surface area contributed by atoms with Crippen LogP contribution in [-0.4, -0.2) is 10.7 Å². The van der Waals surface area contributed by atoms with Crippen LogP contribution < -0.4 is 0 Å². The number of pyridine rings is 1. The van der Waals surface area contributed by atoms with E-state index >= 15 is 0 Å². The van der Waals surface area contributed by atoms with Gasteiger partial charge in [0.15, 0.2) is 11.6 Å². The van der Waals surface area contributed by atoms with E-state index in [9.17, 15) is 13.2 Å². The molecule has 1 nitrogen and oxygen atoms in total. The van der Waals surface area contributed by atoms with E-state index in [2.05, 4.69) is 4.98 Å². The van der Waals surface area contributed by atoms with Gasteiger partial charge in [0.1, 0.15) is 5.03 Å². The highest BCUT2D eigenvalue weighted by molar-refractivity contribution is 7.99. The fourth-order valence-electron chi connectivity index (χ4n) is 0.921. The Morgan fingerprint density at radius 3 is 2.53 bits per heavy atom. The lowest BCUT2D eigenvalue weighted by Crippen LogP contribution is -1.97. The summed E-state index contributed by atoms with van der Waals surface area (Å²) < 4.78 is 38.3. The Morgan fingerprint density at radius 1 is 1.27 bits per heavy atom. The zero-order valence-corrected chi connectivity index (χ0v) is 9.37. The van der Waals surface area contributed by atoms with E-state index < -0.39 is 17.6 Å². The monoisotopic (exact) mass is 235 g/mol. The van der Waals surface area contributed by atoms with Crippen LogP contribution in [0.5, 0.6) is 0 Å². The van der Waals surface area contributed by atoms with Gasteiger partial charge in [0, 0.05) is 6.07 Å². The van der Waals surface area contributed by atoms with Gasteiger partial charge in [-0.2, -0.15) is 4.39 Å². The Balaban J connectivity index is 2.65. The molecule has 5 heteroatoms. The molecule has 0 N–H and O–H groups in total. The summed E-state index contributed by atoms with van der Waals surface area (Å²) in [4.78, 5) is 3.22. The minimum Gasteiger partial charge on any atom is -0.208 e. The quantitative estimate of drug-likeness (QED) is 0.583. The average molecular weight is 235 g/mol. The van der Waals surface area contributed by atoms with Gasteiger partial charge in [-0.05, 0) is 18.1 Å². The normalized spacial score (nSPS) is 11.1. The molecule has 0 radical (unpaired) electrons. The molecule has 0 aliphatic rings. The summed E-state index contributed by atoms with van der Waals surface area (Å²) in [6, 6.07) is 0.528. The predicted octanol–water partition coefficient (Wildman–Crippen LogP) is 3.64. The molecule has 0 aliphatic carbocycles. The molecular formula is C10H12F3NS. The van der Waals surface area contributed by atoms with Crippen molar-refractivity contribution in [3.05, 3.63) is 23.6 Å². The summed E-state index contributed by atoms with van der Waals surface area (Å²) in [5.74, 6) is -2.16. The number of rotatable bonds is 4. The molecule has 0 aromatic carbocycles. The summed E-state index contributed by atoms with van der Waals surface area (Å²) in [5.41, 5.74) is 0. The summed E-state index contributed by atoms with van der Waals surface area (Å²) in [6.07, 6.45) is 0.880. The smallest absolute Gasteiger partial charge is 0.208 e. The number of halogens is 3. The fraction of sp³-hybridized carbons (Fsp3) is 0.500. The van der Waals surface area contributed by atoms with E-state index in [0.29, 0.717) is 17.7 Å². The van der Waals surface area contributed by atoms with Crippen LogP contribution in [-0.2, 0) is 0 Å². The molecule has 1 aromatic rings. The number of nitrogens with zero attached hydrogens (tertiary/aromatic N) is 1. The Kier molecular flexibility index (Phi) is 4.45. The number of hydrogen-bond acceptors (Lipinski definition) is 2. The van der Waals surface area contributed by atoms with Crippen molar-refractivity contribution in [2.45, 2.75) is 25.3 Å². The second kappa shape index (κ2) is 5.39. The van der Waals surface area contributed by atoms with Crippen molar-refractivity contribution >= 4 is 11.8 Å². The second-order valence-electron chi connectivity index (χ2n) is 3.58. The zero-order valence-electron chi connectivity index (χ0n) is 8.56. The molecule has 15 heavy (non-hydrogen) atoms. The topological polar surface area (TPSA) is 12.9 Å². The maximum atomic E-state index is 13.1. The van der Waals surface area contributed by atoms with Crippen LogP contribution in [0.2, 0.25) is 0 Å². The van der Waals surface area contributed by atoms with Crippen LogP contribution in [0.4, 0.5) is 13.2 Å². The summed E-state index contributed by atoms with van der Waals surface area (Å²) in [7, 11) is 0. The average Bonchev–Trinajstić information content (AvgIpc) is 2.13. The standard InChI is InChI=1S/C10H12F3NS/c1-6(2)3-4-15-10-8(12)5-7(11)9(13)14-10/h5-6H,3-4H2,1-2H3. The van der Waals surface area contributed by atoms with E-state index in [1.165, 1.54) is 0 Å². The minimum atomic E-state index is -1.25. The Morgan fingerprint density at radius 2 is 1.93 bits per heavy atom. The highest BCUT2D eigenvalue weighted by Crippen LogP contribution is 2.22. The lowest BCUT2D eigenvalue weighted by atomic mass is 10.2. The van der Waals surface area contributed by atoms with Crippen LogP contribution in [0, 0.1) is 23.5 Å². The molecule has 0 amide bonds. The Hall–Kier alpha value is -0.710. The Bertz CT molecular complexity index is 342. The van der Waals surface area contributed by atoms with Crippen LogP contribution in [0.1, 0.15) is 20.3 Å². The minimum absolute atomic E-state index is 0.0745. The molecule has 0 aliphatic heterocycles. The maximum Gasteiger partial charge on any atom is 0.250 e. The first-order chi connectivity index (χ1) is 7.00. The molecule has 0 saturated heterocycles. The highest BCUT2D eigenvalue weighted by atomic mass is 32.2. The van der Waals surface area contributed by atoms with Gasteiger partial charge in [0.25, 0.3) is 0 Å². The van der Waals surface area contributed by atoms with Crippen molar-refractivity contribution in [2.75, 3.05) is 5.75 Å². The highest BCUT2D eigenvalue weighted by Gasteiger charge is 2.11. The van der Waals surface area contributed by atoms with Crippen LogP contribution in [0.3, 0.4) is 0 Å². The number of thioether (sulfide) groups is 1. The van der Waals surface area contributed by atoms with Gasteiger partial charge in [0.2, 0.25) is 5.95 Å². The van der Waals surface area contributed by atoms with Crippen molar-refractivity contribution in [3.63, 3.8) is 0 Å². The van der Waals surface area contributed by atoms with Crippen LogP contribution in [0.25, 0.3) is 0 Å². The largest absolute Gasteiger partial charge is 0.250 e. The van der Waals surface area contributed by atoms with E-state index in [4.69, 9.17) is 0 Å². The third kappa shape index (κ3) is 3.74. The lowest BCUT2D eigenvalue weighted by molar-refractivity contribution is 0.448. The van der Waals surface area contributed by atoms with Crippen molar-refractivity contribution < 1.29 is 13.2 Å². The second-order valence-corrected chi connectivity index (χ2v) is 4.66. The predicted molar refractivity (Wildman–Crippen MR) is 54.3 cm³/mol. The molecule has 0 fully saturated rings. The van der Waals surface area contributed by atoms with E-state index in [1.807, 2.05) is 13.8 Å². The number of aromatic nitrogens is 1. The van der Waals surface area contributed by atoms with Gasteiger partial charge < -0.3 is 0 Å². The molecule has 1 aromatic heterocycles. The first-order valence-corrected chi connectivity index (χ1v) is 5.63. The van der Waals surface area contributed by atoms with Crippen LogP contribution >= 0.6 is 11.8 Å². The summed E-state index contributed by atoms with van der Waals surface area (Å²) in [6.45, 7) is 4.07. The van der Waals surface area contributed by atoms with Crippen molar-refractivity contribution in [2.24, 2.45) is 5.92 Å². The maximum absolute atomic E-state index is 13.1. The van der Waals surface area contributed by atoms with Crippen molar-refractivity contribution in [1.29, 1.82) is 0 Å². The summed E-state index contributed by atoms with van der Waals surface area (Å²) >= 11 is 1.11. The molecule has 1 rings (SSSR count). The lowest BCUT2D eigenvalue weighted by Gasteiger charge is -2.04. The third-order valence-corrected chi connectivity index (χ3v) is 2.79. The van der Waals surface area contributed by atoms with Gasteiger partial charge >= 0.3 is 0 Å². The van der Waals surface area contributed by atoms with Crippen molar-refractivity contribution in [1.82, 2.24) is 4.98 Å². The number of hydrogen-bond donors (Lipinski definition) is 0. The summed E-state index contributed by atoms with van der Waals surface area (Å²) in [5, 5.41) is -0.0745. The fourth-order valence-corrected chi connectivity index (χ4v) is 2.05. The SMILES string of the molecule is CC(C)CCSc1nc(F)c(F)cc1F. The molecule has 0 saturated carbocycles. The molecular weight excluding hydrogens is 223 g/mol. The van der Waals surface area contributed by atoms with Gasteiger partial charge in [-0.25, -0.2) is 13.8 Å². The van der Waals surface area contributed by atoms with E-state index in [-0.39, 0.29) is 5.03 Å². The molecule has 0 spiro atoms. The van der Waals surface area contributed by atoms with E-state index in [0.717, 1.165) is 18.2 Å². The Labute approximate surface area is 91.1 Å². The van der Waals surface area contributed by atoms with Crippen LogP contribution in [0.15, 0.2) is 11.1 Å². The van der Waals surface area contributed by atoms with Crippen molar-refractivity contribution in [3.8, 4) is 0 Å².